The number of hydrogen-bond acceptors (Lipinski definition) is 7. The molecule has 1 aliphatic heterocycles. The highest BCUT2D eigenvalue weighted by atomic mass is 35.7. The first-order valence-corrected chi connectivity index (χ1v) is 14.8. The Labute approximate surface area is 227 Å². The predicted octanol–water partition coefficient (Wildman–Crippen LogP) is 5.05. The molecule has 0 radical (unpaired) electrons. The molecule has 0 amide bonds. The van der Waals surface area contributed by atoms with Crippen LogP contribution < -0.4 is 4.74 Å². The van der Waals surface area contributed by atoms with Crippen molar-refractivity contribution >= 4 is 58.0 Å². The van der Waals surface area contributed by atoms with Gasteiger partial charge < -0.3 is 9.29 Å². The highest BCUT2D eigenvalue weighted by Crippen LogP contribution is 2.44. The van der Waals surface area contributed by atoms with E-state index in [4.69, 9.17) is 28.4 Å². The number of ether oxygens (including phenoxy) is 1. The molecule has 0 aromatic heterocycles. The molecule has 1 aliphatic rings. The zero-order chi connectivity index (χ0) is 29.7. The largest absolute Gasteiger partial charge is 0.741 e. The Hall–Kier alpha value is -3.00. The van der Waals surface area contributed by atoms with Crippen molar-refractivity contribution in [1.82, 2.24) is 0 Å². The number of esters is 1. The van der Waals surface area contributed by atoms with Gasteiger partial charge >= 0.3 is 11.5 Å². The summed E-state index contributed by atoms with van der Waals surface area (Å²) < 4.78 is 90.4. The second-order valence-corrected chi connectivity index (χ2v) is 13.2. The zero-order valence-electron chi connectivity index (χ0n) is 21.3. The van der Waals surface area contributed by atoms with E-state index in [1.165, 1.54) is 6.07 Å². The van der Waals surface area contributed by atoms with Gasteiger partial charge in [-0.15, -0.1) is 0 Å². The molecule has 1 heterocycles. The molecule has 0 spiro atoms. The number of carbonyl (C=O) groups excluding carboxylic acids is 1. The summed E-state index contributed by atoms with van der Waals surface area (Å²) in [7, 11) is -2.66. The van der Waals surface area contributed by atoms with Gasteiger partial charge in [0.05, 0.1) is 10.3 Å². The fraction of sp³-hybridized carbons (Fsp3) is 0.280. The quantitative estimate of drug-likeness (QED) is 0.102. The second kappa shape index (κ2) is 10.2. The van der Waals surface area contributed by atoms with Crippen LogP contribution in [-0.4, -0.2) is 50.2 Å². The summed E-state index contributed by atoms with van der Waals surface area (Å²) in [5, 5.41) is 2.19. The molecule has 210 valence electrons. The maximum absolute atomic E-state index is 13.4. The van der Waals surface area contributed by atoms with Gasteiger partial charge in [-0.25, -0.2) is 21.6 Å². The summed E-state index contributed by atoms with van der Waals surface area (Å²) in [6.07, 6.45) is 0. The molecule has 0 N–H and O–H groups in total. The van der Waals surface area contributed by atoms with Crippen molar-refractivity contribution in [2.75, 3.05) is 7.05 Å². The molecule has 8 nitrogen and oxygen atoms in total. The average Bonchev–Trinajstić information content (AvgIpc) is 3.00. The number of nitrogens with zero attached hydrogens (tertiary/aromatic N) is 1. The number of alkyl halides is 3. The van der Waals surface area contributed by atoms with Crippen molar-refractivity contribution in [2.45, 2.75) is 43.5 Å². The van der Waals surface area contributed by atoms with Gasteiger partial charge in [-0.05, 0) is 56.2 Å². The van der Waals surface area contributed by atoms with E-state index in [0.29, 0.717) is 16.8 Å². The minimum Gasteiger partial charge on any atom is -0.741 e. The van der Waals surface area contributed by atoms with Crippen LogP contribution in [0.15, 0.2) is 53.4 Å². The second-order valence-electron chi connectivity index (χ2n) is 9.28. The standard InChI is InChI=1S/C24H23ClNO4S.CHF3O3S/c1-14-10-13-19(31(25,28)29)15(2)21(14)30-23(27)22-24(3,4)20-17-9-7-6-8-16(17)11-12-18(20)26(22)5;2-1(3,4)8(5,6)7/h6-13H,1-5H3;(H,5,6,7)/q+1;/p-1. The highest BCUT2D eigenvalue weighted by molar-refractivity contribution is 8.13. The van der Waals surface area contributed by atoms with Crippen molar-refractivity contribution in [3.8, 4) is 5.75 Å². The monoisotopic (exact) mass is 605 g/mol. The van der Waals surface area contributed by atoms with Gasteiger partial charge in [-0.1, -0.05) is 30.3 Å². The Morgan fingerprint density at radius 2 is 1.56 bits per heavy atom. The first-order valence-electron chi connectivity index (χ1n) is 11.1. The lowest BCUT2D eigenvalue weighted by atomic mass is 9.79. The number of rotatable bonds is 3. The molecule has 0 saturated heterocycles. The van der Waals surface area contributed by atoms with Crippen LogP contribution in [0.3, 0.4) is 0 Å². The number of halogens is 4. The summed E-state index contributed by atoms with van der Waals surface area (Å²) in [4.78, 5) is 13.4. The smallest absolute Gasteiger partial charge is 0.485 e. The molecule has 0 aliphatic carbocycles. The van der Waals surface area contributed by atoms with Crippen molar-refractivity contribution in [3.63, 3.8) is 0 Å². The van der Waals surface area contributed by atoms with Gasteiger partial charge in [0.15, 0.2) is 10.1 Å². The van der Waals surface area contributed by atoms with Gasteiger partial charge in [-0.3, -0.25) is 0 Å². The van der Waals surface area contributed by atoms with E-state index in [0.717, 1.165) is 22.0 Å². The fourth-order valence-electron chi connectivity index (χ4n) is 4.62. The number of hydrogen-bond donors (Lipinski definition) is 0. The molecule has 3 aromatic rings. The van der Waals surface area contributed by atoms with Gasteiger partial charge in [0.2, 0.25) is 5.69 Å². The summed E-state index contributed by atoms with van der Waals surface area (Å²) in [5.74, 6) is -0.313. The predicted molar refractivity (Wildman–Crippen MR) is 138 cm³/mol. The fourth-order valence-corrected chi connectivity index (χ4v) is 5.81. The molecular formula is C25H23ClF3NO7S2. The van der Waals surface area contributed by atoms with Gasteiger partial charge in [-0.2, -0.15) is 17.7 Å². The molecule has 0 bridgehead atoms. The first-order chi connectivity index (χ1) is 17.7. The summed E-state index contributed by atoms with van der Waals surface area (Å²) >= 11 is 0. The maximum Gasteiger partial charge on any atom is 0.485 e. The third kappa shape index (κ3) is 5.81. The van der Waals surface area contributed by atoms with Crippen LogP contribution in [0.4, 0.5) is 18.9 Å². The number of aryl methyl sites for hydroxylation is 1. The van der Waals surface area contributed by atoms with Crippen molar-refractivity contribution < 1.29 is 48.7 Å². The van der Waals surface area contributed by atoms with E-state index in [2.05, 4.69) is 6.07 Å². The van der Waals surface area contributed by atoms with Crippen molar-refractivity contribution in [3.05, 3.63) is 65.2 Å². The average molecular weight is 606 g/mol. The highest BCUT2D eigenvalue weighted by Gasteiger charge is 2.50. The first kappa shape index (κ1) is 30.5. The SMILES string of the molecule is Cc1ccc(S(=O)(=O)Cl)c(C)c1OC(=O)C1=[N+](C)c2ccc3ccccc3c2C1(C)C.O=S(=O)([O-])C(F)(F)F. The van der Waals surface area contributed by atoms with E-state index in [1.807, 2.05) is 55.8 Å². The molecule has 0 saturated carbocycles. The van der Waals surface area contributed by atoms with E-state index in [1.54, 1.807) is 19.9 Å². The van der Waals surface area contributed by atoms with Crippen molar-refractivity contribution in [1.29, 1.82) is 0 Å². The molecule has 3 aromatic carbocycles. The van der Waals surface area contributed by atoms with E-state index in [-0.39, 0.29) is 10.6 Å². The molecule has 0 unspecified atom stereocenters. The number of fused-ring (bicyclic) bond motifs is 3. The van der Waals surface area contributed by atoms with E-state index < -0.39 is 36.1 Å². The number of benzene rings is 3. The molecule has 0 atom stereocenters. The Balaban J connectivity index is 0.000000459. The minimum atomic E-state index is -6.09. The molecular weight excluding hydrogens is 583 g/mol. The maximum atomic E-state index is 13.4. The zero-order valence-corrected chi connectivity index (χ0v) is 23.6. The molecule has 14 heteroatoms. The van der Waals surface area contributed by atoms with Crippen LogP contribution >= 0.6 is 10.7 Å². The van der Waals surface area contributed by atoms with Gasteiger partial charge in [0, 0.05) is 27.9 Å². The Morgan fingerprint density at radius 1 is 1.00 bits per heavy atom. The lowest BCUT2D eigenvalue weighted by Crippen LogP contribution is -2.38. The van der Waals surface area contributed by atoms with Crippen LogP contribution in [0.1, 0.15) is 30.5 Å². The molecule has 39 heavy (non-hydrogen) atoms. The Bertz CT molecular complexity index is 1750. The summed E-state index contributed by atoms with van der Waals surface area (Å²) in [6.45, 7) is 7.34. The lowest BCUT2D eigenvalue weighted by molar-refractivity contribution is -0.402. The third-order valence-corrected chi connectivity index (χ3v) is 8.34. The van der Waals surface area contributed by atoms with E-state index >= 15 is 0 Å². The van der Waals surface area contributed by atoms with Gasteiger partial charge in [0.1, 0.15) is 12.8 Å². The topological polar surface area (TPSA) is 121 Å². The Kier molecular flexibility index (Phi) is 7.98. The van der Waals surface area contributed by atoms with Crippen LogP contribution in [0.5, 0.6) is 5.75 Å². The van der Waals surface area contributed by atoms with E-state index in [9.17, 15) is 26.4 Å². The summed E-state index contributed by atoms with van der Waals surface area (Å²) in [5.41, 5.74) is -2.81. The number of carbonyl (C=O) groups is 1. The van der Waals surface area contributed by atoms with Crippen LogP contribution in [0.2, 0.25) is 0 Å². The van der Waals surface area contributed by atoms with Gasteiger partial charge in [0.25, 0.3) is 14.8 Å². The third-order valence-electron chi connectivity index (χ3n) is 6.31. The van der Waals surface area contributed by atoms with Crippen LogP contribution in [0.25, 0.3) is 10.8 Å². The summed E-state index contributed by atoms with van der Waals surface area (Å²) in [6, 6.07) is 15.1. The van der Waals surface area contributed by atoms with Crippen LogP contribution in [0, 0.1) is 13.8 Å². The molecule has 4 rings (SSSR count). The molecule has 0 fully saturated rings. The minimum absolute atomic E-state index is 0.0686. The lowest BCUT2D eigenvalue weighted by Gasteiger charge is -2.19. The Morgan fingerprint density at radius 3 is 2.10 bits per heavy atom. The normalized spacial score (nSPS) is 15.0. The van der Waals surface area contributed by atoms with Crippen LogP contribution in [-0.2, 0) is 29.4 Å². The van der Waals surface area contributed by atoms with Crippen molar-refractivity contribution in [2.24, 2.45) is 0 Å².